The summed E-state index contributed by atoms with van der Waals surface area (Å²) in [6.07, 6.45) is 5.23. The molecule has 2 unspecified atom stereocenters. The van der Waals surface area contributed by atoms with Crippen molar-refractivity contribution in [1.82, 2.24) is 14.5 Å². The van der Waals surface area contributed by atoms with Crippen LogP contribution in [0.2, 0.25) is 0 Å². The van der Waals surface area contributed by atoms with Gasteiger partial charge in [0.1, 0.15) is 0 Å². The highest BCUT2D eigenvalue weighted by Crippen LogP contribution is 2.21. The number of hydrogen-bond acceptors (Lipinski definition) is 4. The van der Waals surface area contributed by atoms with Crippen LogP contribution < -0.4 is 5.32 Å². The molecular weight excluding hydrogens is 398 g/mol. The molecule has 1 aromatic carbocycles. The number of carbonyl (C=O) groups excluding carboxylic acids is 1. The molecule has 2 aliphatic heterocycles. The van der Waals surface area contributed by atoms with E-state index in [4.69, 9.17) is 0 Å². The number of sulfonamides is 1. The van der Waals surface area contributed by atoms with Crippen molar-refractivity contribution in [3.8, 4) is 0 Å². The maximum absolute atomic E-state index is 12.6. The van der Waals surface area contributed by atoms with Crippen molar-refractivity contribution in [1.29, 1.82) is 0 Å². The van der Waals surface area contributed by atoms with Crippen LogP contribution in [0.25, 0.3) is 0 Å². The van der Waals surface area contributed by atoms with E-state index in [1.54, 1.807) is 28.6 Å². The molecule has 6 nitrogen and oxygen atoms in total. The van der Waals surface area contributed by atoms with Gasteiger partial charge in [-0.25, -0.2) is 12.7 Å². The van der Waals surface area contributed by atoms with Crippen LogP contribution in [0.15, 0.2) is 24.3 Å². The summed E-state index contributed by atoms with van der Waals surface area (Å²) in [5.41, 5.74) is 1.31. The minimum atomic E-state index is -3.28. The van der Waals surface area contributed by atoms with Crippen LogP contribution in [-0.4, -0.2) is 62.8 Å². The molecule has 2 aliphatic rings. The van der Waals surface area contributed by atoms with E-state index in [1.807, 2.05) is 0 Å². The molecule has 0 aliphatic carbocycles. The molecule has 168 valence electrons. The van der Waals surface area contributed by atoms with Crippen molar-refractivity contribution in [2.24, 2.45) is 11.8 Å². The summed E-state index contributed by atoms with van der Waals surface area (Å²) in [6.45, 7) is 9.85. The van der Waals surface area contributed by atoms with Crippen LogP contribution in [0.3, 0.4) is 0 Å². The number of hydrogen-bond donors (Lipinski definition) is 1. The SMILES string of the molecule is CC1CC(C)CN(CCCNC(=O)c2ccc(CS(=O)(=O)N3CCCCC3)cc2)C1. The number of likely N-dealkylation sites (tertiary alicyclic amines) is 1. The van der Waals surface area contributed by atoms with Gasteiger partial charge in [0, 0.05) is 38.3 Å². The quantitative estimate of drug-likeness (QED) is 0.637. The molecule has 3 rings (SSSR count). The average Bonchev–Trinajstić information content (AvgIpc) is 2.71. The fourth-order valence-corrected chi connectivity index (χ4v) is 6.39. The minimum Gasteiger partial charge on any atom is -0.352 e. The molecule has 0 aromatic heterocycles. The molecule has 7 heteroatoms. The minimum absolute atomic E-state index is 0.00157. The molecule has 0 saturated carbocycles. The molecular formula is C23H37N3O3S. The summed E-state index contributed by atoms with van der Waals surface area (Å²) >= 11 is 0. The van der Waals surface area contributed by atoms with Crippen LogP contribution in [0.1, 0.15) is 61.9 Å². The normalized spacial score (nSPS) is 23.9. The molecule has 0 bridgehead atoms. The fraction of sp³-hybridized carbons (Fsp3) is 0.696. The van der Waals surface area contributed by atoms with Crippen LogP contribution in [0.5, 0.6) is 0 Å². The Kier molecular flexibility index (Phi) is 8.31. The van der Waals surface area contributed by atoms with Gasteiger partial charge >= 0.3 is 0 Å². The van der Waals surface area contributed by atoms with Crippen molar-refractivity contribution < 1.29 is 13.2 Å². The Morgan fingerprint density at radius 1 is 1.03 bits per heavy atom. The zero-order valence-corrected chi connectivity index (χ0v) is 19.3. The molecule has 1 amide bonds. The Balaban J connectivity index is 1.42. The zero-order valence-electron chi connectivity index (χ0n) is 18.5. The summed E-state index contributed by atoms with van der Waals surface area (Å²) in [5.74, 6) is 1.41. The van der Waals surface area contributed by atoms with Crippen LogP contribution in [0.4, 0.5) is 0 Å². The summed E-state index contributed by atoms with van der Waals surface area (Å²) in [7, 11) is -3.28. The smallest absolute Gasteiger partial charge is 0.251 e. The monoisotopic (exact) mass is 435 g/mol. The first kappa shape index (κ1) is 23.2. The first-order valence-electron chi connectivity index (χ1n) is 11.4. The fourth-order valence-electron chi connectivity index (χ4n) is 4.78. The first-order valence-corrected chi connectivity index (χ1v) is 13.0. The Bertz CT molecular complexity index is 778. The van der Waals surface area contributed by atoms with Gasteiger partial charge in [0.25, 0.3) is 5.91 Å². The Hall–Kier alpha value is -1.44. The predicted molar refractivity (Wildman–Crippen MR) is 121 cm³/mol. The average molecular weight is 436 g/mol. The van der Waals surface area contributed by atoms with Gasteiger partial charge in [0.2, 0.25) is 10.0 Å². The van der Waals surface area contributed by atoms with Crippen molar-refractivity contribution in [2.45, 2.75) is 51.7 Å². The molecule has 2 saturated heterocycles. The molecule has 2 atom stereocenters. The van der Waals surface area contributed by atoms with Gasteiger partial charge in [-0.05, 0) is 61.8 Å². The largest absolute Gasteiger partial charge is 0.352 e. The number of rotatable bonds is 8. The number of amides is 1. The second-order valence-electron chi connectivity index (χ2n) is 9.23. The van der Waals surface area contributed by atoms with E-state index in [2.05, 4.69) is 24.1 Å². The lowest BCUT2D eigenvalue weighted by Crippen LogP contribution is -2.40. The van der Waals surface area contributed by atoms with E-state index >= 15 is 0 Å². The second kappa shape index (κ2) is 10.7. The van der Waals surface area contributed by atoms with Gasteiger partial charge in [-0.2, -0.15) is 0 Å². The zero-order chi connectivity index (χ0) is 21.6. The van der Waals surface area contributed by atoms with Crippen molar-refractivity contribution in [3.05, 3.63) is 35.4 Å². The second-order valence-corrected chi connectivity index (χ2v) is 11.2. The van der Waals surface area contributed by atoms with Gasteiger partial charge in [-0.15, -0.1) is 0 Å². The van der Waals surface area contributed by atoms with Gasteiger partial charge in [0.05, 0.1) is 5.75 Å². The highest BCUT2D eigenvalue weighted by atomic mass is 32.2. The topological polar surface area (TPSA) is 69.7 Å². The van der Waals surface area contributed by atoms with Crippen LogP contribution >= 0.6 is 0 Å². The Labute approximate surface area is 182 Å². The van der Waals surface area contributed by atoms with Crippen molar-refractivity contribution in [3.63, 3.8) is 0 Å². The van der Waals surface area contributed by atoms with Crippen molar-refractivity contribution >= 4 is 15.9 Å². The van der Waals surface area contributed by atoms with E-state index in [1.165, 1.54) is 6.42 Å². The first-order chi connectivity index (χ1) is 14.3. The third-order valence-electron chi connectivity index (χ3n) is 6.15. The maximum Gasteiger partial charge on any atom is 0.251 e. The summed E-state index contributed by atoms with van der Waals surface area (Å²) in [6, 6.07) is 6.97. The van der Waals surface area contributed by atoms with Crippen LogP contribution in [0, 0.1) is 11.8 Å². The van der Waals surface area contributed by atoms with E-state index in [0.29, 0.717) is 25.2 Å². The van der Waals surface area contributed by atoms with Crippen molar-refractivity contribution in [2.75, 3.05) is 39.3 Å². The lowest BCUT2D eigenvalue weighted by Gasteiger charge is -2.34. The number of benzene rings is 1. The number of nitrogens with one attached hydrogen (secondary N) is 1. The summed E-state index contributed by atoms with van der Waals surface area (Å²) in [4.78, 5) is 14.9. The van der Waals surface area contributed by atoms with Gasteiger partial charge in [-0.3, -0.25) is 4.79 Å². The summed E-state index contributed by atoms with van der Waals surface area (Å²) < 4.78 is 26.7. The Morgan fingerprint density at radius 2 is 1.67 bits per heavy atom. The molecule has 1 aromatic rings. The standard InChI is InChI=1S/C23H37N3O3S/c1-19-15-20(2)17-25(16-19)12-6-11-24-23(27)22-9-7-21(8-10-22)18-30(28,29)26-13-4-3-5-14-26/h7-10,19-20H,3-6,11-18H2,1-2H3,(H,24,27). The highest BCUT2D eigenvalue weighted by molar-refractivity contribution is 7.88. The Morgan fingerprint density at radius 3 is 2.30 bits per heavy atom. The van der Waals surface area contributed by atoms with Gasteiger partial charge in [-0.1, -0.05) is 32.4 Å². The molecule has 0 spiro atoms. The highest BCUT2D eigenvalue weighted by Gasteiger charge is 2.24. The molecule has 1 N–H and O–H groups in total. The van der Waals surface area contributed by atoms with Gasteiger partial charge < -0.3 is 10.2 Å². The van der Waals surface area contributed by atoms with Gasteiger partial charge in [0.15, 0.2) is 0 Å². The molecule has 30 heavy (non-hydrogen) atoms. The third kappa shape index (κ3) is 6.79. The number of piperidine rings is 2. The summed E-state index contributed by atoms with van der Waals surface area (Å²) in [5, 5.41) is 2.99. The lowest BCUT2D eigenvalue weighted by atomic mass is 9.92. The lowest BCUT2D eigenvalue weighted by molar-refractivity contribution is 0.0947. The maximum atomic E-state index is 12.6. The number of nitrogens with zero attached hydrogens (tertiary/aromatic N) is 2. The number of carbonyl (C=O) groups is 1. The van der Waals surface area contributed by atoms with Crippen LogP contribution in [-0.2, 0) is 15.8 Å². The van der Waals surface area contributed by atoms with E-state index in [0.717, 1.165) is 62.7 Å². The predicted octanol–water partition coefficient (Wildman–Crippen LogP) is 3.10. The van der Waals surface area contributed by atoms with E-state index in [-0.39, 0.29) is 11.7 Å². The van der Waals surface area contributed by atoms with E-state index < -0.39 is 10.0 Å². The van der Waals surface area contributed by atoms with E-state index in [9.17, 15) is 13.2 Å². The third-order valence-corrected chi connectivity index (χ3v) is 8.00. The molecule has 0 radical (unpaired) electrons. The molecule has 2 fully saturated rings. The molecule has 2 heterocycles.